The van der Waals surface area contributed by atoms with Crippen LogP contribution in [0, 0.1) is 0 Å². The monoisotopic (exact) mass is 820 g/mol. The zero-order valence-electron chi connectivity index (χ0n) is 36.1. The summed E-state index contributed by atoms with van der Waals surface area (Å²) in [5, 5.41) is 9.87. The molecule has 0 heterocycles. The highest BCUT2D eigenvalue weighted by Gasteiger charge is 2.21. The number of esters is 2. The number of nitrogens with zero attached hydrogens (tertiary/aromatic N) is 1. The van der Waals surface area contributed by atoms with Crippen molar-refractivity contribution in [1.82, 2.24) is 0 Å². The molecule has 326 valence electrons. The molecular formula is C46H78NO9P. The smallest absolute Gasteiger partial charge is 0.306 e. The normalized spacial score (nSPS) is 15.0. The number of aliphatic hydroxyl groups is 1. The molecule has 1 N–H and O–H groups in total. The SMILES string of the molecule is CC/C=C/CC(O)/C=C/C=C/CCCCCCCC(=O)OC[C@H](COP(=O)([O-])OCC[N+](C)(C)C)OC(=O)CCC/C=C\C/C=C\C/C=C\C/C=C\CCCCC. The van der Waals surface area contributed by atoms with E-state index in [4.69, 9.17) is 18.5 Å². The van der Waals surface area contributed by atoms with E-state index in [1.807, 2.05) is 51.5 Å². The number of hydrogen-bond donors (Lipinski definition) is 1. The maximum Gasteiger partial charge on any atom is 0.306 e. The predicted molar refractivity (Wildman–Crippen MR) is 232 cm³/mol. The Hall–Kier alpha value is -2.85. The van der Waals surface area contributed by atoms with Crippen LogP contribution in [0.3, 0.4) is 0 Å². The van der Waals surface area contributed by atoms with Crippen LogP contribution in [0.15, 0.2) is 85.1 Å². The van der Waals surface area contributed by atoms with Gasteiger partial charge in [-0.25, -0.2) is 0 Å². The topological polar surface area (TPSA) is 131 Å². The van der Waals surface area contributed by atoms with Gasteiger partial charge in [-0.15, -0.1) is 0 Å². The molecule has 0 spiro atoms. The summed E-state index contributed by atoms with van der Waals surface area (Å²) in [6, 6.07) is 0. The number of ether oxygens (including phenoxy) is 2. The Labute approximate surface area is 346 Å². The maximum absolute atomic E-state index is 12.6. The van der Waals surface area contributed by atoms with Crippen LogP contribution in [-0.2, 0) is 32.7 Å². The second-order valence-electron chi connectivity index (χ2n) is 15.2. The Balaban J connectivity index is 4.56. The lowest BCUT2D eigenvalue weighted by atomic mass is 10.1. The van der Waals surface area contributed by atoms with E-state index in [0.29, 0.717) is 36.7 Å². The molecule has 10 nitrogen and oxygen atoms in total. The van der Waals surface area contributed by atoms with Crippen molar-refractivity contribution in [1.29, 1.82) is 0 Å². The molecule has 0 aliphatic carbocycles. The number of allylic oxidation sites excluding steroid dienone is 12. The second-order valence-corrected chi connectivity index (χ2v) is 16.6. The van der Waals surface area contributed by atoms with Crippen molar-refractivity contribution in [2.75, 3.05) is 47.5 Å². The summed E-state index contributed by atoms with van der Waals surface area (Å²) < 4.78 is 33.7. The van der Waals surface area contributed by atoms with Gasteiger partial charge >= 0.3 is 11.9 Å². The molecule has 0 saturated carbocycles. The molecule has 0 aromatic rings. The van der Waals surface area contributed by atoms with Gasteiger partial charge in [-0.1, -0.05) is 131 Å². The summed E-state index contributed by atoms with van der Waals surface area (Å²) in [6.45, 7) is 3.85. The number of rotatable bonds is 37. The fourth-order valence-electron chi connectivity index (χ4n) is 5.09. The third-order valence-corrected chi connectivity index (χ3v) is 9.44. The van der Waals surface area contributed by atoms with Gasteiger partial charge in [-0.3, -0.25) is 14.2 Å². The summed E-state index contributed by atoms with van der Waals surface area (Å²) in [5.74, 6) is -0.964. The van der Waals surface area contributed by atoms with Gasteiger partial charge in [0.1, 0.15) is 19.8 Å². The molecule has 57 heavy (non-hydrogen) atoms. The highest BCUT2D eigenvalue weighted by atomic mass is 31.2. The van der Waals surface area contributed by atoms with Crippen LogP contribution in [0.4, 0.5) is 0 Å². The molecule has 0 rings (SSSR count). The molecule has 11 heteroatoms. The number of carbonyl (C=O) groups excluding carboxylic acids is 2. The van der Waals surface area contributed by atoms with Gasteiger partial charge < -0.3 is 33.0 Å². The first-order valence-electron chi connectivity index (χ1n) is 21.4. The number of likely N-dealkylation sites (N-methyl/N-ethyl adjacent to an activating group) is 1. The number of quaternary nitrogens is 1. The average Bonchev–Trinajstić information content (AvgIpc) is 3.15. The van der Waals surface area contributed by atoms with E-state index in [1.165, 1.54) is 19.3 Å². The summed E-state index contributed by atoms with van der Waals surface area (Å²) in [6.07, 6.45) is 43.8. The minimum absolute atomic E-state index is 0.0579. The van der Waals surface area contributed by atoms with E-state index < -0.39 is 38.6 Å². The minimum Gasteiger partial charge on any atom is -0.756 e. The highest BCUT2D eigenvalue weighted by molar-refractivity contribution is 7.45. The summed E-state index contributed by atoms with van der Waals surface area (Å²) in [4.78, 5) is 37.5. The van der Waals surface area contributed by atoms with Crippen molar-refractivity contribution in [3.8, 4) is 0 Å². The number of hydrogen-bond acceptors (Lipinski definition) is 9. The largest absolute Gasteiger partial charge is 0.756 e. The number of carbonyl (C=O) groups is 2. The van der Waals surface area contributed by atoms with E-state index in [0.717, 1.165) is 64.2 Å². The lowest BCUT2D eigenvalue weighted by Crippen LogP contribution is -2.37. The van der Waals surface area contributed by atoms with E-state index in [-0.39, 0.29) is 26.1 Å². The van der Waals surface area contributed by atoms with Gasteiger partial charge in [-0.2, -0.15) is 0 Å². The lowest BCUT2D eigenvalue weighted by Gasteiger charge is -2.28. The second kappa shape index (κ2) is 37.4. The number of phosphoric acid groups is 1. The van der Waals surface area contributed by atoms with Crippen molar-refractivity contribution < 1.29 is 47.2 Å². The third kappa shape index (κ3) is 41.1. The summed E-state index contributed by atoms with van der Waals surface area (Å²) in [7, 11) is 1.07. The van der Waals surface area contributed by atoms with Gasteiger partial charge in [0.05, 0.1) is 33.9 Å². The predicted octanol–water partition coefficient (Wildman–Crippen LogP) is 10.4. The van der Waals surface area contributed by atoms with Gasteiger partial charge in [0.15, 0.2) is 6.10 Å². The molecule has 0 bridgehead atoms. The van der Waals surface area contributed by atoms with E-state index >= 15 is 0 Å². The summed E-state index contributed by atoms with van der Waals surface area (Å²) >= 11 is 0. The Morgan fingerprint density at radius 3 is 1.89 bits per heavy atom. The number of aliphatic hydroxyl groups excluding tert-OH is 1. The first-order valence-corrected chi connectivity index (χ1v) is 22.9. The first kappa shape index (κ1) is 54.2. The maximum atomic E-state index is 12.6. The molecule has 0 aliphatic heterocycles. The van der Waals surface area contributed by atoms with E-state index in [9.17, 15) is 24.2 Å². The average molecular weight is 820 g/mol. The molecule has 3 atom stereocenters. The van der Waals surface area contributed by atoms with Crippen LogP contribution in [0.25, 0.3) is 0 Å². The quantitative estimate of drug-likeness (QED) is 0.0162. The molecule has 0 aromatic heterocycles. The van der Waals surface area contributed by atoms with Crippen LogP contribution in [-0.4, -0.2) is 81.2 Å². The van der Waals surface area contributed by atoms with E-state index in [1.54, 1.807) is 6.08 Å². The molecule has 0 fully saturated rings. The van der Waals surface area contributed by atoms with Crippen molar-refractivity contribution in [2.24, 2.45) is 0 Å². The van der Waals surface area contributed by atoms with Crippen molar-refractivity contribution in [3.63, 3.8) is 0 Å². The lowest BCUT2D eigenvalue weighted by molar-refractivity contribution is -0.870. The molecular weight excluding hydrogens is 741 g/mol. The zero-order chi connectivity index (χ0) is 42.3. The minimum atomic E-state index is -4.66. The molecule has 2 unspecified atom stereocenters. The molecule has 0 aliphatic rings. The zero-order valence-corrected chi connectivity index (χ0v) is 37.0. The highest BCUT2D eigenvalue weighted by Crippen LogP contribution is 2.38. The fraction of sp³-hybridized carbons (Fsp3) is 0.652. The van der Waals surface area contributed by atoms with Crippen LogP contribution in [0.1, 0.15) is 136 Å². The molecule has 0 saturated heterocycles. The van der Waals surface area contributed by atoms with E-state index in [2.05, 4.69) is 62.5 Å². The Morgan fingerprint density at radius 2 is 1.25 bits per heavy atom. The van der Waals surface area contributed by atoms with Crippen LogP contribution < -0.4 is 4.89 Å². The molecule has 0 radical (unpaired) electrons. The van der Waals surface area contributed by atoms with Crippen molar-refractivity contribution in [2.45, 2.75) is 148 Å². The van der Waals surface area contributed by atoms with Gasteiger partial charge in [-0.05, 0) is 77.0 Å². The Bertz CT molecular complexity index is 1260. The summed E-state index contributed by atoms with van der Waals surface area (Å²) in [5.41, 5.74) is 0. The van der Waals surface area contributed by atoms with Crippen LogP contribution >= 0.6 is 7.82 Å². The molecule has 0 aromatic carbocycles. The van der Waals surface area contributed by atoms with Crippen LogP contribution in [0.5, 0.6) is 0 Å². The van der Waals surface area contributed by atoms with Gasteiger partial charge in [0.25, 0.3) is 7.82 Å². The first-order chi connectivity index (χ1) is 27.4. The van der Waals surface area contributed by atoms with Gasteiger partial charge in [0, 0.05) is 12.8 Å². The molecule has 0 amide bonds. The standard InChI is InChI=1S/C46H78NO9P/c1-6-8-10-11-12-13-14-15-16-17-18-19-20-23-27-30-34-38-46(50)56-44(42-55-57(51,52)54-40-39-47(3,4)5)41-53-45(49)37-33-29-26-24-21-22-25-28-32-36-43(48)35-31-9-7-2/h9,12-13,15-16,18-19,23,25,27-28,31-32,36,43-44,48H,6-8,10-11,14,17,20-22,24,26,29-30,33-35,37-42H2,1-5H3/b13-12-,16-15-,19-18-,27-23-,28-25+,31-9+,36-32+/t43?,44-/m1/s1. The fourth-order valence-corrected chi connectivity index (χ4v) is 5.82. The third-order valence-electron chi connectivity index (χ3n) is 8.48. The Kier molecular flexibility index (Phi) is 35.6. The number of unbranched alkanes of at least 4 members (excludes halogenated alkanes) is 9. The van der Waals surface area contributed by atoms with Crippen molar-refractivity contribution >= 4 is 19.8 Å². The Morgan fingerprint density at radius 1 is 0.667 bits per heavy atom. The van der Waals surface area contributed by atoms with Crippen LogP contribution in [0.2, 0.25) is 0 Å². The van der Waals surface area contributed by atoms with Crippen molar-refractivity contribution in [3.05, 3.63) is 85.1 Å². The van der Waals surface area contributed by atoms with Gasteiger partial charge in [0.2, 0.25) is 0 Å². The number of phosphoric ester groups is 1.